The van der Waals surface area contributed by atoms with Gasteiger partial charge in [0.1, 0.15) is 0 Å². The monoisotopic (exact) mass is 254 g/mol. The molecule has 0 rings (SSSR count). The maximum atomic E-state index is 11.2. The number of hydrogen-bond acceptors (Lipinski definition) is 4. The SMILES string of the molecule is C=CCC(OS(=O)(=O)O)(C(=O)O)[N+](C)(C)C. The van der Waals surface area contributed by atoms with Crippen LogP contribution in [0.25, 0.3) is 0 Å². The Kier molecular flexibility index (Phi) is 4.23. The number of hydrogen-bond donors (Lipinski definition) is 2. The Morgan fingerprint density at radius 3 is 2.12 bits per heavy atom. The van der Waals surface area contributed by atoms with Crippen LogP contribution in [-0.4, -0.2) is 55.4 Å². The van der Waals surface area contributed by atoms with Crippen molar-refractivity contribution in [2.24, 2.45) is 0 Å². The molecular weight excluding hydrogens is 238 g/mol. The summed E-state index contributed by atoms with van der Waals surface area (Å²) in [6.07, 6.45) is 0.939. The van der Waals surface area contributed by atoms with E-state index < -0.39 is 22.1 Å². The van der Waals surface area contributed by atoms with Crippen LogP contribution in [0.3, 0.4) is 0 Å². The molecule has 0 saturated heterocycles. The van der Waals surface area contributed by atoms with Gasteiger partial charge in [0.15, 0.2) is 0 Å². The molecule has 0 amide bonds. The van der Waals surface area contributed by atoms with E-state index in [0.29, 0.717) is 0 Å². The van der Waals surface area contributed by atoms with E-state index in [4.69, 9.17) is 9.66 Å². The van der Waals surface area contributed by atoms with Crippen LogP contribution in [0.1, 0.15) is 6.42 Å². The molecule has 8 heteroatoms. The van der Waals surface area contributed by atoms with Crippen molar-refractivity contribution in [3.05, 3.63) is 12.7 Å². The van der Waals surface area contributed by atoms with Crippen molar-refractivity contribution < 1.29 is 31.5 Å². The topological polar surface area (TPSA) is 101 Å². The molecule has 0 aromatic heterocycles. The van der Waals surface area contributed by atoms with Crippen molar-refractivity contribution in [1.82, 2.24) is 0 Å². The summed E-state index contributed by atoms with van der Waals surface area (Å²) < 4.78 is 34.0. The summed E-state index contributed by atoms with van der Waals surface area (Å²) in [5.41, 5.74) is -2.13. The molecule has 0 radical (unpaired) electrons. The number of nitrogens with zero attached hydrogens (tertiary/aromatic N) is 1. The zero-order chi connectivity index (χ0) is 13.2. The third-order valence-electron chi connectivity index (χ3n) is 2.08. The molecular formula is C8H16NO6S+. The fraction of sp³-hybridized carbons (Fsp3) is 0.625. The number of carbonyl (C=O) groups is 1. The lowest BCUT2D eigenvalue weighted by Crippen LogP contribution is -2.64. The molecule has 0 aliphatic heterocycles. The molecule has 0 aliphatic rings. The molecule has 0 bridgehead atoms. The van der Waals surface area contributed by atoms with E-state index in [-0.39, 0.29) is 10.9 Å². The van der Waals surface area contributed by atoms with Gasteiger partial charge in [0, 0.05) is 0 Å². The lowest BCUT2D eigenvalue weighted by Gasteiger charge is -2.39. The standard InChI is InChI=1S/C8H15NO6S/c1-5-6-8(7(10)11,9(2,3)4)15-16(12,13)14/h5H,1,6H2,2-4H3,(H-,10,11,12,13,14)/p+1. The highest BCUT2D eigenvalue weighted by atomic mass is 32.3. The number of likely N-dealkylation sites (N-methyl/N-ethyl adjacent to an activating group) is 1. The van der Waals surface area contributed by atoms with E-state index in [9.17, 15) is 13.2 Å². The first-order valence-electron chi connectivity index (χ1n) is 4.30. The normalized spacial score (nSPS) is 16.5. The van der Waals surface area contributed by atoms with Crippen LogP contribution in [-0.2, 0) is 19.4 Å². The van der Waals surface area contributed by atoms with Crippen LogP contribution in [0.2, 0.25) is 0 Å². The second kappa shape index (κ2) is 4.50. The third-order valence-corrected chi connectivity index (χ3v) is 2.57. The van der Waals surface area contributed by atoms with Gasteiger partial charge in [0.25, 0.3) is 0 Å². The summed E-state index contributed by atoms with van der Waals surface area (Å²) in [5.74, 6) is -1.50. The summed E-state index contributed by atoms with van der Waals surface area (Å²) in [6, 6.07) is 0. The van der Waals surface area contributed by atoms with Crippen molar-refractivity contribution >= 4 is 16.4 Å². The zero-order valence-electron chi connectivity index (χ0n) is 9.37. The molecule has 16 heavy (non-hydrogen) atoms. The first-order valence-corrected chi connectivity index (χ1v) is 5.66. The van der Waals surface area contributed by atoms with E-state index in [2.05, 4.69) is 10.8 Å². The second-order valence-electron chi connectivity index (χ2n) is 4.11. The Bertz CT molecular complexity index is 382. The summed E-state index contributed by atoms with van der Waals surface area (Å²) in [4.78, 5) is 11.2. The smallest absolute Gasteiger partial charge is 0.402 e. The van der Waals surface area contributed by atoms with Gasteiger partial charge in [0.2, 0.25) is 0 Å². The fourth-order valence-electron chi connectivity index (χ4n) is 1.20. The molecule has 0 spiro atoms. The van der Waals surface area contributed by atoms with Crippen LogP contribution in [0.15, 0.2) is 12.7 Å². The van der Waals surface area contributed by atoms with Crippen molar-refractivity contribution in [2.45, 2.75) is 12.1 Å². The first-order chi connectivity index (χ1) is 6.96. The predicted molar refractivity (Wildman–Crippen MR) is 55.8 cm³/mol. The summed E-state index contributed by atoms with van der Waals surface area (Å²) in [6.45, 7) is 3.34. The predicted octanol–water partition coefficient (Wildman–Crippen LogP) is -0.131. The van der Waals surface area contributed by atoms with Gasteiger partial charge in [-0.2, -0.15) is 12.6 Å². The molecule has 94 valence electrons. The maximum Gasteiger partial charge on any atom is 0.402 e. The quantitative estimate of drug-likeness (QED) is 0.296. The van der Waals surface area contributed by atoms with E-state index in [1.54, 1.807) is 0 Å². The summed E-state index contributed by atoms with van der Waals surface area (Å²) >= 11 is 0. The lowest BCUT2D eigenvalue weighted by molar-refractivity contribution is -0.934. The largest absolute Gasteiger partial charge is 0.475 e. The van der Waals surface area contributed by atoms with Gasteiger partial charge in [-0.15, -0.1) is 6.58 Å². The van der Waals surface area contributed by atoms with Crippen LogP contribution in [0, 0.1) is 0 Å². The van der Waals surface area contributed by atoms with Crippen molar-refractivity contribution in [3.63, 3.8) is 0 Å². The highest BCUT2D eigenvalue weighted by molar-refractivity contribution is 7.81. The van der Waals surface area contributed by atoms with Gasteiger partial charge >= 0.3 is 22.1 Å². The molecule has 0 aromatic rings. The number of rotatable bonds is 6. The average Bonchev–Trinajstić information content (AvgIpc) is 1.98. The van der Waals surface area contributed by atoms with Crippen molar-refractivity contribution in [2.75, 3.05) is 21.1 Å². The van der Waals surface area contributed by atoms with Gasteiger partial charge in [0.05, 0.1) is 27.6 Å². The molecule has 1 atom stereocenters. The molecule has 0 heterocycles. The molecule has 1 unspecified atom stereocenters. The molecule has 2 N–H and O–H groups in total. The molecule has 0 fully saturated rings. The molecule has 0 saturated carbocycles. The zero-order valence-corrected chi connectivity index (χ0v) is 10.2. The fourth-order valence-corrected chi connectivity index (χ4v) is 1.91. The van der Waals surface area contributed by atoms with Crippen LogP contribution in [0.4, 0.5) is 0 Å². The minimum atomic E-state index is -4.88. The highest BCUT2D eigenvalue weighted by Crippen LogP contribution is 2.27. The minimum Gasteiger partial charge on any atom is -0.475 e. The number of carboxylic acids is 1. The van der Waals surface area contributed by atoms with Gasteiger partial charge in [-0.25, -0.2) is 4.79 Å². The second-order valence-corrected chi connectivity index (χ2v) is 5.13. The van der Waals surface area contributed by atoms with Crippen LogP contribution >= 0.6 is 0 Å². The highest BCUT2D eigenvalue weighted by Gasteiger charge is 2.54. The van der Waals surface area contributed by atoms with E-state index in [0.717, 1.165) is 0 Å². The Morgan fingerprint density at radius 2 is 1.94 bits per heavy atom. The van der Waals surface area contributed by atoms with E-state index in [1.165, 1.54) is 27.2 Å². The number of carboxylic acid groups (broad SMARTS) is 1. The number of quaternary nitrogens is 1. The average molecular weight is 254 g/mol. The Balaban J connectivity index is 5.63. The van der Waals surface area contributed by atoms with Gasteiger partial charge in [-0.1, -0.05) is 6.08 Å². The third kappa shape index (κ3) is 3.27. The van der Waals surface area contributed by atoms with Crippen molar-refractivity contribution in [1.29, 1.82) is 0 Å². The maximum absolute atomic E-state index is 11.2. The molecule has 7 nitrogen and oxygen atoms in total. The van der Waals surface area contributed by atoms with Crippen LogP contribution in [0.5, 0.6) is 0 Å². The summed E-state index contributed by atoms with van der Waals surface area (Å²) in [7, 11) is -0.576. The van der Waals surface area contributed by atoms with E-state index >= 15 is 0 Å². The number of aliphatic carboxylic acids is 1. The van der Waals surface area contributed by atoms with Crippen molar-refractivity contribution in [3.8, 4) is 0 Å². The van der Waals surface area contributed by atoms with Gasteiger partial charge in [-0.3, -0.25) is 9.04 Å². The summed E-state index contributed by atoms with van der Waals surface area (Å²) in [5, 5.41) is 9.09. The lowest BCUT2D eigenvalue weighted by atomic mass is 10.1. The minimum absolute atomic E-state index is 0.272. The Labute approximate surface area is 94.5 Å². The Morgan fingerprint density at radius 1 is 1.50 bits per heavy atom. The van der Waals surface area contributed by atoms with Crippen LogP contribution < -0.4 is 0 Å². The van der Waals surface area contributed by atoms with Gasteiger partial charge in [-0.05, 0) is 0 Å². The van der Waals surface area contributed by atoms with E-state index in [1.807, 2.05) is 0 Å². The first kappa shape index (κ1) is 15.0. The Hall–Kier alpha value is -0.960. The molecule has 0 aromatic carbocycles. The molecule has 0 aliphatic carbocycles. The van der Waals surface area contributed by atoms with Gasteiger partial charge < -0.3 is 5.11 Å².